The van der Waals surface area contributed by atoms with Crippen LogP contribution in [-0.2, 0) is 10.2 Å². The zero-order chi connectivity index (χ0) is 13.3. The third-order valence-corrected chi connectivity index (χ3v) is 3.63. The molecule has 2 rings (SSSR count). The molecule has 8 heteroatoms. The monoisotopic (exact) mass is 272 g/mol. The average Bonchev–Trinajstić information content (AvgIpc) is 2.62. The smallest absolute Gasteiger partial charge is 0.371 e. The van der Waals surface area contributed by atoms with Gasteiger partial charge in [0.2, 0.25) is 0 Å². The van der Waals surface area contributed by atoms with Crippen LogP contribution in [0.5, 0.6) is 11.5 Å². The number of hydrogen-bond donors (Lipinski definition) is 3. The van der Waals surface area contributed by atoms with Crippen LogP contribution in [0.1, 0.15) is 11.6 Å². The van der Waals surface area contributed by atoms with Crippen molar-refractivity contribution in [3.63, 3.8) is 0 Å². The molecule has 0 saturated heterocycles. The molecular weight excluding hydrogens is 258 g/mol. The molecule has 1 aromatic rings. The number of methoxy groups -OCH3 is 2. The fraction of sp³-hybridized carbons (Fsp3) is 0.300. The van der Waals surface area contributed by atoms with Crippen molar-refractivity contribution in [2.24, 2.45) is 5.73 Å². The predicted octanol–water partition coefficient (Wildman–Crippen LogP) is -1.97. The highest BCUT2D eigenvalue weighted by Crippen LogP contribution is 2.30. The summed E-state index contributed by atoms with van der Waals surface area (Å²) in [7, 11) is -0.531. The van der Waals surface area contributed by atoms with E-state index in [0.29, 0.717) is 17.1 Å². The highest BCUT2D eigenvalue weighted by Gasteiger charge is 2.35. The Morgan fingerprint density at radius 2 is 1.94 bits per heavy atom. The summed E-state index contributed by atoms with van der Waals surface area (Å²) < 4.78 is 37.5. The molecule has 1 aromatic carbocycles. The van der Waals surface area contributed by atoms with Crippen molar-refractivity contribution in [2.45, 2.75) is 6.04 Å². The van der Waals surface area contributed by atoms with Gasteiger partial charge < -0.3 is 9.47 Å². The molecule has 0 aliphatic carbocycles. The molecule has 18 heavy (non-hydrogen) atoms. The van der Waals surface area contributed by atoms with E-state index >= 15 is 0 Å². The quantitative estimate of drug-likeness (QED) is 0.592. The highest BCUT2D eigenvalue weighted by atomic mass is 32.2. The zero-order valence-corrected chi connectivity index (χ0v) is 10.7. The van der Waals surface area contributed by atoms with Crippen molar-refractivity contribution in [1.82, 2.24) is 4.72 Å². The van der Waals surface area contributed by atoms with E-state index in [-0.39, 0.29) is 5.84 Å². The van der Waals surface area contributed by atoms with Gasteiger partial charge in [-0.2, -0.15) is 17.5 Å². The largest absolute Gasteiger partial charge is 0.493 e. The standard InChI is InChI=1S/C10H13N3O4S/c1-16-7-4-3-6(5-8(7)17-2)9-10(11)13-18(14,15)12-9/h3-5,9,12H,1-2H3,(H2,11,13)/p+1/t9-/m1/s1. The van der Waals surface area contributed by atoms with Gasteiger partial charge in [0.15, 0.2) is 17.5 Å². The molecule has 0 amide bonds. The Morgan fingerprint density at radius 1 is 1.28 bits per heavy atom. The SMILES string of the molecule is COc1ccc([C@H]2NS(=O)(=O)[NH+]=C2N)cc1OC. The second-order valence-corrected chi connectivity index (χ2v) is 5.17. The molecule has 4 N–H and O–H groups in total. The van der Waals surface area contributed by atoms with Gasteiger partial charge in [-0.05, 0) is 17.7 Å². The molecule has 1 aliphatic rings. The summed E-state index contributed by atoms with van der Waals surface area (Å²) in [4.78, 5) is 0. The summed E-state index contributed by atoms with van der Waals surface area (Å²) in [6.45, 7) is 0. The Hall–Kier alpha value is -1.80. The van der Waals surface area contributed by atoms with Crippen LogP contribution < -0.4 is 24.3 Å². The second-order valence-electron chi connectivity index (χ2n) is 3.73. The zero-order valence-electron chi connectivity index (χ0n) is 9.93. The summed E-state index contributed by atoms with van der Waals surface area (Å²) in [5.74, 6) is 1.20. The van der Waals surface area contributed by atoms with Crippen LogP contribution in [-0.4, -0.2) is 28.5 Å². The van der Waals surface area contributed by atoms with Gasteiger partial charge in [-0.25, -0.2) is 0 Å². The Bertz CT molecular complexity index is 597. The molecular formula is C10H14N3O4S+. The number of rotatable bonds is 3. The van der Waals surface area contributed by atoms with Crippen molar-refractivity contribution in [3.8, 4) is 11.5 Å². The average molecular weight is 272 g/mol. The van der Waals surface area contributed by atoms with Crippen LogP contribution in [0.25, 0.3) is 0 Å². The first kappa shape index (κ1) is 12.7. The summed E-state index contributed by atoms with van der Waals surface area (Å²) in [6, 6.07) is 4.46. The Kier molecular flexibility index (Phi) is 3.14. The third-order valence-electron chi connectivity index (χ3n) is 2.58. The van der Waals surface area contributed by atoms with E-state index in [1.54, 1.807) is 18.2 Å². The number of nitrogens with two attached hydrogens (primary N) is 1. The molecule has 0 bridgehead atoms. The van der Waals surface area contributed by atoms with E-state index in [4.69, 9.17) is 15.2 Å². The molecule has 0 radical (unpaired) electrons. The van der Waals surface area contributed by atoms with Crippen molar-refractivity contribution >= 4 is 16.0 Å². The molecule has 1 aliphatic heterocycles. The molecule has 0 aromatic heterocycles. The maximum atomic E-state index is 11.3. The van der Waals surface area contributed by atoms with Gasteiger partial charge in [-0.15, -0.1) is 0 Å². The van der Waals surface area contributed by atoms with Crippen molar-refractivity contribution < 1.29 is 22.3 Å². The second kappa shape index (κ2) is 4.46. The van der Waals surface area contributed by atoms with Gasteiger partial charge in [0, 0.05) is 0 Å². The minimum atomic E-state index is -3.56. The fourth-order valence-electron chi connectivity index (χ4n) is 1.74. The summed E-state index contributed by atoms with van der Waals surface area (Å²) >= 11 is 0. The van der Waals surface area contributed by atoms with Crippen molar-refractivity contribution in [3.05, 3.63) is 23.8 Å². The minimum absolute atomic E-state index is 0.127. The van der Waals surface area contributed by atoms with Crippen LogP contribution in [0.3, 0.4) is 0 Å². The molecule has 0 fully saturated rings. The molecule has 1 atom stereocenters. The topological polar surface area (TPSA) is 105 Å². The minimum Gasteiger partial charge on any atom is -0.493 e. The van der Waals surface area contributed by atoms with E-state index in [0.717, 1.165) is 0 Å². The van der Waals surface area contributed by atoms with E-state index in [2.05, 4.69) is 9.12 Å². The Morgan fingerprint density at radius 3 is 2.44 bits per heavy atom. The Labute approximate surface area is 105 Å². The van der Waals surface area contributed by atoms with Crippen LogP contribution in [0.4, 0.5) is 0 Å². The lowest BCUT2D eigenvalue weighted by Crippen LogP contribution is -2.76. The number of ether oxygens (including phenoxy) is 2. The number of amidine groups is 1. The number of nitrogens with one attached hydrogen (secondary N) is 2. The van der Waals surface area contributed by atoms with E-state index in [1.165, 1.54) is 14.2 Å². The van der Waals surface area contributed by atoms with Crippen LogP contribution in [0.2, 0.25) is 0 Å². The number of benzene rings is 1. The van der Waals surface area contributed by atoms with Crippen molar-refractivity contribution in [1.29, 1.82) is 0 Å². The van der Waals surface area contributed by atoms with Crippen LogP contribution >= 0.6 is 0 Å². The van der Waals surface area contributed by atoms with Gasteiger partial charge in [0.05, 0.1) is 14.2 Å². The molecule has 0 spiro atoms. The first-order valence-corrected chi connectivity index (χ1v) is 6.59. The van der Waals surface area contributed by atoms with Gasteiger partial charge in [0.25, 0.3) is 5.84 Å². The summed E-state index contributed by atoms with van der Waals surface area (Å²) in [5, 5.41) is 0. The lowest BCUT2D eigenvalue weighted by molar-refractivity contribution is -0.265. The number of hydrogen-bond acceptors (Lipinski definition) is 5. The predicted molar refractivity (Wildman–Crippen MR) is 64.5 cm³/mol. The van der Waals surface area contributed by atoms with Crippen LogP contribution in [0, 0.1) is 0 Å². The first-order valence-electron chi connectivity index (χ1n) is 5.11. The molecule has 1 heterocycles. The molecule has 0 unspecified atom stereocenters. The molecule has 98 valence electrons. The summed E-state index contributed by atoms with van der Waals surface area (Å²) in [5.41, 5.74) is 6.31. The van der Waals surface area contributed by atoms with Crippen molar-refractivity contribution in [2.75, 3.05) is 14.2 Å². The molecule has 7 nitrogen and oxygen atoms in total. The normalized spacial score (nSPS) is 21.4. The lowest BCUT2D eigenvalue weighted by Gasteiger charge is -2.11. The first-order chi connectivity index (χ1) is 8.46. The Balaban J connectivity index is 2.39. The van der Waals surface area contributed by atoms with E-state index in [1.807, 2.05) is 0 Å². The summed E-state index contributed by atoms with van der Waals surface area (Å²) in [6.07, 6.45) is 0. The molecule has 0 saturated carbocycles. The third kappa shape index (κ3) is 2.24. The highest BCUT2D eigenvalue weighted by molar-refractivity contribution is 7.83. The van der Waals surface area contributed by atoms with Gasteiger partial charge in [-0.1, -0.05) is 6.07 Å². The van der Waals surface area contributed by atoms with E-state index in [9.17, 15) is 8.42 Å². The van der Waals surface area contributed by atoms with Gasteiger partial charge in [0.1, 0.15) is 0 Å². The van der Waals surface area contributed by atoms with Gasteiger partial charge >= 0.3 is 10.2 Å². The fourth-order valence-corrected chi connectivity index (χ4v) is 2.80. The van der Waals surface area contributed by atoms with E-state index < -0.39 is 16.3 Å². The van der Waals surface area contributed by atoms with Crippen LogP contribution in [0.15, 0.2) is 18.2 Å². The lowest BCUT2D eigenvalue weighted by atomic mass is 10.1. The maximum Gasteiger partial charge on any atom is 0.371 e. The maximum absolute atomic E-state index is 11.3. The van der Waals surface area contributed by atoms with Gasteiger partial charge in [-0.3, -0.25) is 5.73 Å².